The molecule has 14 heteroatoms. The Balaban J connectivity index is 2.14. The first-order valence-corrected chi connectivity index (χ1v) is 15.7. The summed E-state index contributed by atoms with van der Waals surface area (Å²) >= 11 is 0. The number of likely N-dealkylation sites (tertiary alicyclic amines) is 1. The van der Waals surface area contributed by atoms with Crippen molar-refractivity contribution in [2.75, 3.05) is 13.2 Å². The van der Waals surface area contributed by atoms with Crippen LogP contribution in [0, 0.1) is 5.92 Å². The van der Waals surface area contributed by atoms with Gasteiger partial charge in [-0.3, -0.25) is 19.2 Å². The fourth-order valence-corrected chi connectivity index (χ4v) is 4.74. The van der Waals surface area contributed by atoms with Crippen LogP contribution in [0.2, 0.25) is 0 Å². The van der Waals surface area contributed by atoms with E-state index in [4.69, 9.17) is 9.47 Å². The van der Waals surface area contributed by atoms with E-state index >= 15 is 0 Å². The summed E-state index contributed by atoms with van der Waals surface area (Å²) in [6, 6.07) is 5.80. The average Bonchev–Trinajstić information content (AvgIpc) is 3.46. The second-order valence-electron chi connectivity index (χ2n) is 14.1. The normalized spacial score (nSPS) is 16.6. The predicted molar refractivity (Wildman–Crippen MR) is 173 cm³/mol. The first-order valence-electron chi connectivity index (χ1n) is 15.7. The molecule has 0 bridgehead atoms. The van der Waals surface area contributed by atoms with Crippen LogP contribution >= 0.6 is 0 Å². The molecule has 5 N–H and O–H groups in total. The van der Waals surface area contributed by atoms with Crippen molar-refractivity contribution in [2.24, 2.45) is 5.92 Å². The molecule has 1 aromatic carbocycles. The van der Waals surface area contributed by atoms with Gasteiger partial charge in [0.2, 0.25) is 23.6 Å². The Morgan fingerprint density at radius 2 is 1.51 bits per heavy atom. The summed E-state index contributed by atoms with van der Waals surface area (Å²) in [6.07, 6.45) is 0.00533. The van der Waals surface area contributed by atoms with Crippen LogP contribution in [0.5, 0.6) is 0 Å². The number of aliphatic carboxylic acids is 1. The molecule has 1 aliphatic heterocycles. The fraction of sp³-hybridized carbons (Fsp3) is 0.636. The standard InChI is InChI=1S/C33H51N5O9/c1-20(2)24(35-25(39)22(19-47-31(3,4)5)34-30(45)46-18-21-14-11-10-12-15-21)27(41)37-32(6,7)28(42)38-17-13-16-23(38)26(40)36-33(8,9)29(43)44/h10-12,14-15,20,22-24H,13,16-19H2,1-9H3,(H,34,45)(H,35,39)(H,36,40)(H,37,41)(H,43,44)/t22-,23-,24-/m0/s1. The molecular formula is C33H51N5O9. The van der Waals surface area contributed by atoms with Gasteiger partial charge >= 0.3 is 12.1 Å². The number of hydrogen-bond acceptors (Lipinski definition) is 8. The van der Waals surface area contributed by atoms with Crippen molar-refractivity contribution in [3.63, 3.8) is 0 Å². The second kappa shape index (κ2) is 16.1. The number of rotatable bonds is 14. The number of carboxylic acid groups (broad SMARTS) is 1. The fourth-order valence-electron chi connectivity index (χ4n) is 4.74. The van der Waals surface area contributed by atoms with E-state index in [1.165, 1.54) is 32.6 Å². The summed E-state index contributed by atoms with van der Waals surface area (Å²) < 4.78 is 11.1. The van der Waals surface area contributed by atoms with Crippen molar-refractivity contribution in [1.82, 2.24) is 26.2 Å². The molecule has 1 heterocycles. The molecule has 0 aromatic heterocycles. The minimum atomic E-state index is -1.54. The van der Waals surface area contributed by atoms with Crippen molar-refractivity contribution in [2.45, 2.75) is 117 Å². The number of benzene rings is 1. The first-order chi connectivity index (χ1) is 21.6. The summed E-state index contributed by atoms with van der Waals surface area (Å²) in [4.78, 5) is 79.1. The SMILES string of the molecule is CC(C)[C@H](NC(=O)[C@H](COC(C)(C)C)NC(=O)OCc1ccccc1)C(=O)NC(C)(C)C(=O)N1CCC[C@H]1C(=O)NC(C)(C)C(=O)O. The van der Waals surface area contributed by atoms with Gasteiger partial charge in [0, 0.05) is 6.54 Å². The van der Waals surface area contributed by atoms with Crippen molar-refractivity contribution in [3.8, 4) is 0 Å². The zero-order valence-electron chi connectivity index (χ0n) is 28.9. The summed E-state index contributed by atoms with van der Waals surface area (Å²) in [5.41, 5.74) is -2.91. The minimum Gasteiger partial charge on any atom is -0.480 e. The molecule has 1 aliphatic rings. The van der Waals surface area contributed by atoms with Crippen LogP contribution < -0.4 is 21.3 Å². The number of nitrogens with one attached hydrogen (secondary N) is 4. The monoisotopic (exact) mass is 661 g/mol. The molecule has 262 valence electrons. The van der Waals surface area contributed by atoms with Gasteiger partial charge in [-0.15, -0.1) is 0 Å². The lowest BCUT2D eigenvalue weighted by molar-refractivity contribution is -0.149. The highest BCUT2D eigenvalue weighted by molar-refractivity contribution is 5.98. The highest BCUT2D eigenvalue weighted by Gasteiger charge is 2.44. The van der Waals surface area contributed by atoms with Gasteiger partial charge in [0.1, 0.15) is 35.8 Å². The van der Waals surface area contributed by atoms with E-state index in [0.29, 0.717) is 12.8 Å². The topological polar surface area (TPSA) is 192 Å². The molecule has 1 fully saturated rings. The Hall–Kier alpha value is -4.20. The maximum Gasteiger partial charge on any atom is 0.408 e. The van der Waals surface area contributed by atoms with Crippen molar-refractivity contribution in [1.29, 1.82) is 0 Å². The molecule has 1 saturated heterocycles. The zero-order valence-corrected chi connectivity index (χ0v) is 28.9. The van der Waals surface area contributed by atoms with E-state index in [1.54, 1.807) is 58.9 Å². The maximum absolute atomic E-state index is 13.7. The van der Waals surface area contributed by atoms with Gasteiger partial charge in [-0.05, 0) is 72.8 Å². The predicted octanol–water partition coefficient (Wildman–Crippen LogP) is 2.10. The van der Waals surface area contributed by atoms with Crippen molar-refractivity contribution < 1.29 is 43.3 Å². The average molecular weight is 662 g/mol. The Morgan fingerprint density at radius 3 is 2.06 bits per heavy atom. The lowest BCUT2D eigenvalue weighted by Gasteiger charge is -2.35. The Kier molecular flexibility index (Phi) is 13.3. The van der Waals surface area contributed by atoms with Crippen LogP contribution in [0.1, 0.15) is 80.7 Å². The molecule has 0 aliphatic carbocycles. The van der Waals surface area contributed by atoms with Gasteiger partial charge in [0.25, 0.3) is 0 Å². The molecule has 0 saturated carbocycles. The smallest absolute Gasteiger partial charge is 0.408 e. The number of amides is 5. The van der Waals surface area contributed by atoms with Crippen LogP contribution in [-0.2, 0) is 40.1 Å². The zero-order chi connectivity index (χ0) is 35.7. The van der Waals surface area contributed by atoms with E-state index in [1.807, 2.05) is 6.07 Å². The van der Waals surface area contributed by atoms with Crippen LogP contribution in [0.15, 0.2) is 30.3 Å². The van der Waals surface area contributed by atoms with Crippen molar-refractivity contribution >= 4 is 35.7 Å². The number of nitrogens with zero attached hydrogens (tertiary/aromatic N) is 1. The number of carboxylic acids is 1. The lowest BCUT2D eigenvalue weighted by Crippen LogP contribution is -2.64. The van der Waals surface area contributed by atoms with Crippen LogP contribution in [0.4, 0.5) is 4.79 Å². The molecule has 0 unspecified atom stereocenters. The van der Waals surface area contributed by atoms with Gasteiger partial charge in [-0.2, -0.15) is 0 Å². The molecule has 0 spiro atoms. The van der Waals surface area contributed by atoms with E-state index in [0.717, 1.165) is 5.56 Å². The third kappa shape index (κ3) is 11.8. The Bertz CT molecular complexity index is 1290. The van der Waals surface area contributed by atoms with E-state index < -0.39 is 76.4 Å². The Labute approximate surface area is 276 Å². The number of hydrogen-bond donors (Lipinski definition) is 5. The molecular weight excluding hydrogens is 610 g/mol. The van der Waals surface area contributed by atoms with Crippen LogP contribution in [0.25, 0.3) is 0 Å². The maximum atomic E-state index is 13.7. The summed E-state index contributed by atoms with van der Waals surface area (Å²) in [5, 5.41) is 19.8. The molecule has 3 atom stereocenters. The molecule has 1 aromatic rings. The third-order valence-corrected chi connectivity index (χ3v) is 7.51. The van der Waals surface area contributed by atoms with Crippen LogP contribution in [0.3, 0.4) is 0 Å². The number of alkyl carbamates (subject to hydrolysis) is 1. The summed E-state index contributed by atoms with van der Waals surface area (Å²) in [7, 11) is 0. The quantitative estimate of drug-likeness (QED) is 0.199. The highest BCUT2D eigenvalue weighted by atomic mass is 16.5. The Morgan fingerprint density at radius 1 is 0.894 bits per heavy atom. The van der Waals surface area contributed by atoms with E-state index in [2.05, 4.69) is 21.3 Å². The van der Waals surface area contributed by atoms with Gasteiger partial charge in [-0.1, -0.05) is 44.2 Å². The van der Waals surface area contributed by atoms with Gasteiger partial charge in [0.05, 0.1) is 12.2 Å². The van der Waals surface area contributed by atoms with E-state index in [-0.39, 0.29) is 19.8 Å². The molecule has 14 nitrogen and oxygen atoms in total. The summed E-state index contributed by atoms with van der Waals surface area (Å²) in [5.74, 6) is -4.13. The number of carbonyl (C=O) groups excluding carboxylic acids is 5. The number of ether oxygens (including phenoxy) is 2. The molecule has 5 amide bonds. The first kappa shape index (κ1) is 39.0. The molecule has 0 radical (unpaired) electrons. The largest absolute Gasteiger partial charge is 0.480 e. The van der Waals surface area contributed by atoms with Crippen molar-refractivity contribution in [3.05, 3.63) is 35.9 Å². The minimum absolute atomic E-state index is 0.0157. The molecule has 2 rings (SSSR count). The van der Waals surface area contributed by atoms with Gasteiger partial charge in [-0.25, -0.2) is 9.59 Å². The highest BCUT2D eigenvalue weighted by Crippen LogP contribution is 2.23. The van der Waals surface area contributed by atoms with E-state index in [9.17, 15) is 33.9 Å². The third-order valence-electron chi connectivity index (χ3n) is 7.51. The lowest BCUT2D eigenvalue weighted by atomic mass is 9.98. The van der Waals surface area contributed by atoms with Gasteiger partial charge < -0.3 is 40.7 Å². The second-order valence-corrected chi connectivity index (χ2v) is 14.1. The van der Waals surface area contributed by atoms with Crippen LogP contribution in [-0.4, -0.2) is 93.7 Å². The van der Waals surface area contributed by atoms with Gasteiger partial charge in [0.15, 0.2) is 0 Å². The summed E-state index contributed by atoms with van der Waals surface area (Å²) in [6.45, 7) is 14.5. The number of carbonyl (C=O) groups is 6. The molecule has 47 heavy (non-hydrogen) atoms.